The molecule has 196 valence electrons. The third-order valence-electron chi connectivity index (χ3n) is 6.36. The molecule has 5 rings (SSSR count). The third kappa shape index (κ3) is 5.47. The van der Waals surface area contributed by atoms with E-state index in [9.17, 15) is 9.90 Å². The quantitative estimate of drug-likeness (QED) is 0.387. The van der Waals surface area contributed by atoms with Crippen molar-refractivity contribution in [1.29, 1.82) is 0 Å². The number of carbonyl (C=O) groups is 1. The Bertz CT molecular complexity index is 1360. The summed E-state index contributed by atoms with van der Waals surface area (Å²) < 4.78 is 29.3. The van der Waals surface area contributed by atoms with E-state index in [1.54, 1.807) is 7.11 Å². The molecule has 0 aliphatic carbocycles. The fourth-order valence-electron chi connectivity index (χ4n) is 4.63. The lowest BCUT2D eigenvalue weighted by Gasteiger charge is -2.30. The van der Waals surface area contributed by atoms with Crippen molar-refractivity contribution in [1.82, 2.24) is 0 Å². The molecule has 2 aliphatic rings. The van der Waals surface area contributed by atoms with E-state index in [2.05, 4.69) is 0 Å². The number of hydrogen-bond donors (Lipinski definition) is 1. The highest BCUT2D eigenvalue weighted by atomic mass is 16.7. The Hall–Kier alpha value is -4.39. The highest BCUT2D eigenvalue weighted by Gasteiger charge is 2.39. The SMILES string of the molecule is COc1ccc(CC2=C(C(=O)O)C(C3=COC(Cc4ccccc4)O3)Oc3ccc(OC(C)C)cc32)cc1. The van der Waals surface area contributed by atoms with E-state index in [0.717, 1.165) is 16.9 Å². The molecule has 3 aromatic rings. The maximum Gasteiger partial charge on any atom is 0.336 e. The molecule has 0 fully saturated rings. The van der Waals surface area contributed by atoms with E-state index in [4.69, 9.17) is 23.7 Å². The lowest BCUT2D eigenvalue weighted by atomic mass is 9.87. The van der Waals surface area contributed by atoms with Crippen LogP contribution < -0.4 is 14.2 Å². The molecule has 0 aromatic heterocycles. The van der Waals surface area contributed by atoms with Gasteiger partial charge in [-0.05, 0) is 67.3 Å². The molecule has 2 aliphatic heterocycles. The number of fused-ring (bicyclic) bond motifs is 1. The van der Waals surface area contributed by atoms with Gasteiger partial charge in [0.15, 0.2) is 11.9 Å². The summed E-state index contributed by atoms with van der Waals surface area (Å²) in [5.74, 6) is 1.15. The van der Waals surface area contributed by atoms with Crippen molar-refractivity contribution in [3.05, 3.63) is 107 Å². The molecule has 3 aromatic carbocycles. The van der Waals surface area contributed by atoms with Crippen molar-refractivity contribution >= 4 is 11.5 Å². The van der Waals surface area contributed by atoms with Crippen LogP contribution in [-0.4, -0.2) is 36.7 Å². The first kappa shape index (κ1) is 25.3. The van der Waals surface area contributed by atoms with Crippen molar-refractivity contribution in [2.24, 2.45) is 0 Å². The first-order chi connectivity index (χ1) is 18.4. The van der Waals surface area contributed by atoms with Gasteiger partial charge in [-0.3, -0.25) is 0 Å². The number of rotatable bonds is 9. The van der Waals surface area contributed by atoms with Crippen molar-refractivity contribution < 1.29 is 33.6 Å². The zero-order valence-electron chi connectivity index (χ0n) is 21.5. The van der Waals surface area contributed by atoms with Gasteiger partial charge in [0.1, 0.15) is 23.5 Å². The molecule has 0 saturated heterocycles. The predicted octanol–water partition coefficient (Wildman–Crippen LogP) is 5.78. The second-order valence-electron chi connectivity index (χ2n) is 9.44. The highest BCUT2D eigenvalue weighted by Crippen LogP contribution is 2.43. The Morgan fingerprint density at radius 1 is 0.947 bits per heavy atom. The zero-order chi connectivity index (χ0) is 26.6. The van der Waals surface area contributed by atoms with Crippen LogP contribution in [0, 0.1) is 0 Å². The molecular formula is C31H30O7. The van der Waals surface area contributed by atoms with E-state index in [1.165, 1.54) is 6.26 Å². The molecule has 2 heterocycles. The molecular weight excluding hydrogens is 484 g/mol. The molecule has 2 atom stereocenters. The number of aliphatic carboxylic acids is 1. The van der Waals surface area contributed by atoms with Gasteiger partial charge >= 0.3 is 5.97 Å². The van der Waals surface area contributed by atoms with E-state index in [-0.39, 0.29) is 11.7 Å². The van der Waals surface area contributed by atoms with Crippen LogP contribution >= 0.6 is 0 Å². The lowest BCUT2D eigenvalue weighted by molar-refractivity contribution is -0.133. The molecule has 1 N–H and O–H groups in total. The molecule has 38 heavy (non-hydrogen) atoms. The second kappa shape index (κ2) is 10.9. The Kier molecular flexibility index (Phi) is 7.26. The van der Waals surface area contributed by atoms with Gasteiger partial charge < -0.3 is 28.8 Å². The van der Waals surface area contributed by atoms with E-state index < -0.39 is 18.4 Å². The topological polar surface area (TPSA) is 83.5 Å². The fourth-order valence-corrected chi connectivity index (χ4v) is 4.63. The van der Waals surface area contributed by atoms with Crippen molar-refractivity contribution in [2.45, 2.75) is 45.2 Å². The molecule has 2 unspecified atom stereocenters. The summed E-state index contributed by atoms with van der Waals surface area (Å²) in [6, 6.07) is 22.9. The Labute approximate surface area is 221 Å². The largest absolute Gasteiger partial charge is 0.497 e. The Morgan fingerprint density at radius 3 is 2.37 bits per heavy atom. The average Bonchev–Trinajstić information content (AvgIpc) is 3.37. The molecule has 0 amide bonds. The number of hydrogen-bond acceptors (Lipinski definition) is 6. The van der Waals surface area contributed by atoms with Gasteiger partial charge in [0.05, 0.1) is 18.8 Å². The van der Waals surface area contributed by atoms with Crippen LogP contribution in [0.4, 0.5) is 0 Å². The van der Waals surface area contributed by atoms with Crippen LogP contribution in [0.5, 0.6) is 17.2 Å². The highest BCUT2D eigenvalue weighted by molar-refractivity contribution is 6.00. The minimum absolute atomic E-state index is 0.0333. The van der Waals surface area contributed by atoms with E-state index in [1.807, 2.05) is 86.6 Å². The number of carboxylic acid groups (broad SMARTS) is 1. The van der Waals surface area contributed by atoms with Crippen LogP contribution in [0.25, 0.3) is 5.57 Å². The second-order valence-corrected chi connectivity index (χ2v) is 9.44. The maximum atomic E-state index is 12.8. The first-order valence-corrected chi connectivity index (χ1v) is 12.5. The molecule has 0 bridgehead atoms. The maximum absolute atomic E-state index is 12.8. The normalized spacial score (nSPS) is 18.2. The van der Waals surface area contributed by atoms with Crippen molar-refractivity contribution in [2.75, 3.05) is 7.11 Å². The van der Waals surface area contributed by atoms with Gasteiger partial charge in [-0.2, -0.15) is 0 Å². The number of benzene rings is 3. The molecule has 7 nitrogen and oxygen atoms in total. The van der Waals surface area contributed by atoms with Crippen LogP contribution in [-0.2, 0) is 27.1 Å². The summed E-state index contributed by atoms with van der Waals surface area (Å²) in [6.07, 6.45) is 0.781. The summed E-state index contributed by atoms with van der Waals surface area (Å²) in [5.41, 5.74) is 3.38. The van der Waals surface area contributed by atoms with Crippen molar-refractivity contribution in [3.63, 3.8) is 0 Å². The minimum Gasteiger partial charge on any atom is -0.497 e. The minimum atomic E-state index is -1.09. The number of allylic oxidation sites excluding steroid dienone is 1. The van der Waals surface area contributed by atoms with Gasteiger partial charge in [0.2, 0.25) is 6.29 Å². The van der Waals surface area contributed by atoms with Gasteiger partial charge in [-0.1, -0.05) is 42.5 Å². The zero-order valence-corrected chi connectivity index (χ0v) is 21.5. The summed E-state index contributed by atoms with van der Waals surface area (Å²) in [5, 5.41) is 10.4. The van der Waals surface area contributed by atoms with Gasteiger partial charge in [0, 0.05) is 12.0 Å². The molecule has 0 radical (unpaired) electrons. The first-order valence-electron chi connectivity index (χ1n) is 12.5. The van der Waals surface area contributed by atoms with Crippen LogP contribution in [0.15, 0.2) is 90.4 Å². The van der Waals surface area contributed by atoms with Crippen LogP contribution in [0.3, 0.4) is 0 Å². The van der Waals surface area contributed by atoms with E-state index in [0.29, 0.717) is 41.2 Å². The monoisotopic (exact) mass is 514 g/mol. The molecule has 0 saturated carbocycles. The Morgan fingerprint density at radius 2 is 1.68 bits per heavy atom. The lowest BCUT2D eigenvalue weighted by Crippen LogP contribution is -2.32. The number of methoxy groups -OCH3 is 1. The van der Waals surface area contributed by atoms with Crippen molar-refractivity contribution in [3.8, 4) is 17.2 Å². The number of carboxylic acids is 1. The molecule has 0 spiro atoms. The predicted molar refractivity (Wildman–Crippen MR) is 142 cm³/mol. The summed E-state index contributed by atoms with van der Waals surface area (Å²) in [4.78, 5) is 12.8. The standard InChI is InChI=1S/C31H30O7/c1-19(2)36-23-13-14-26-24(17-23)25(15-21-9-11-22(34-3)12-10-21)29(31(32)33)30(38-26)27-18-35-28(37-27)16-20-7-5-4-6-8-20/h4-14,17-19,28,30H,15-16H2,1-3H3,(H,32,33). The van der Waals surface area contributed by atoms with Gasteiger partial charge in [-0.25, -0.2) is 4.79 Å². The summed E-state index contributed by atoms with van der Waals surface area (Å²) in [7, 11) is 1.61. The van der Waals surface area contributed by atoms with E-state index >= 15 is 0 Å². The average molecular weight is 515 g/mol. The fraction of sp³-hybridized carbons (Fsp3) is 0.258. The molecule has 7 heteroatoms. The Balaban J connectivity index is 1.51. The smallest absolute Gasteiger partial charge is 0.336 e. The van der Waals surface area contributed by atoms with Crippen LogP contribution in [0.1, 0.15) is 30.5 Å². The van der Waals surface area contributed by atoms with Crippen LogP contribution in [0.2, 0.25) is 0 Å². The number of ether oxygens (including phenoxy) is 5. The third-order valence-corrected chi connectivity index (χ3v) is 6.36. The summed E-state index contributed by atoms with van der Waals surface area (Å²) in [6.45, 7) is 3.89. The van der Waals surface area contributed by atoms with Gasteiger partial charge in [-0.15, -0.1) is 0 Å². The summed E-state index contributed by atoms with van der Waals surface area (Å²) >= 11 is 0. The van der Waals surface area contributed by atoms with Gasteiger partial charge in [0.25, 0.3) is 0 Å².